The second-order valence-electron chi connectivity index (χ2n) is 6.87. The van der Waals surface area contributed by atoms with Gasteiger partial charge in [-0.1, -0.05) is 23.8 Å². The molecule has 28 heavy (non-hydrogen) atoms. The molecule has 2 aromatic rings. The summed E-state index contributed by atoms with van der Waals surface area (Å²) < 4.78 is 0. The minimum atomic E-state index is -0.424. The van der Waals surface area contributed by atoms with Crippen molar-refractivity contribution < 1.29 is 14.4 Å². The third kappa shape index (κ3) is 5.84. The Kier molecular flexibility index (Phi) is 6.76. The van der Waals surface area contributed by atoms with Crippen LogP contribution in [0, 0.1) is 20.8 Å². The Hall–Kier alpha value is -3.35. The number of benzene rings is 2. The zero-order valence-corrected chi connectivity index (χ0v) is 16.8. The lowest BCUT2D eigenvalue weighted by Gasteiger charge is -2.19. The molecule has 0 saturated carbocycles. The number of nitrogens with zero attached hydrogens (tertiary/aromatic N) is 1. The molecule has 0 atom stereocenters. The van der Waals surface area contributed by atoms with Gasteiger partial charge in [0, 0.05) is 31.0 Å². The van der Waals surface area contributed by atoms with Crippen molar-refractivity contribution in [3.63, 3.8) is 0 Å². The van der Waals surface area contributed by atoms with Crippen LogP contribution in [-0.2, 0) is 9.59 Å². The number of carbonyl (C=O) groups excluding carboxylic acids is 3. The Labute approximate surface area is 165 Å². The van der Waals surface area contributed by atoms with E-state index in [-0.39, 0.29) is 18.4 Å². The first-order valence-corrected chi connectivity index (χ1v) is 8.93. The van der Waals surface area contributed by atoms with E-state index in [2.05, 4.69) is 16.0 Å². The van der Waals surface area contributed by atoms with Gasteiger partial charge in [-0.3, -0.25) is 9.59 Å². The van der Waals surface area contributed by atoms with Crippen molar-refractivity contribution in [1.82, 2.24) is 4.90 Å². The Morgan fingerprint density at radius 1 is 0.893 bits per heavy atom. The molecule has 0 radical (unpaired) electrons. The monoisotopic (exact) mass is 382 g/mol. The van der Waals surface area contributed by atoms with Gasteiger partial charge in [-0.05, 0) is 50.1 Å². The third-order valence-electron chi connectivity index (χ3n) is 4.10. The number of anilines is 3. The molecule has 7 heteroatoms. The molecule has 4 amide bonds. The molecule has 0 heterocycles. The van der Waals surface area contributed by atoms with Crippen molar-refractivity contribution in [2.24, 2.45) is 0 Å². The molecular formula is C21H26N4O3. The molecule has 0 aliphatic carbocycles. The summed E-state index contributed by atoms with van der Waals surface area (Å²) in [7, 11) is 1.54. The van der Waals surface area contributed by atoms with E-state index in [9.17, 15) is 14.4 Å². The molecule has 2 rings (SSSR count). The van der Waals surface area contributed by atoms with E-state index >= 15 is 0 Å². The zero-order chi connectivity index (χ0) is 20.8. The molecule has 0 spiro atoms. The quantitative estimate of drug-likeness (QED) is 0.737. The molecule has 0 saturated heterocycles. The van der Waals surface area contributed by atoms with Crippen LogP contribution in [0.15, 0.2) is 36.4 Å². The van der Waals surface area contributed by atoms with Gasteiger partial charge >= 0.3 is 6.03 Å². The summed E-state index contributed by atoms with van der Waals surface area (Å²) >= 11 is 0. The maximum absolute atomic E-state index is 12.4. The van der Waals surface area contributed by atoms with Gasteiger partial charge in [0.25, 0.3) is 0 Å². The SMILES string of the molecule is CC(=O)Nc1cccc(NC(=O)N(C)CC(=O)Nc2c(C)cc(C)cc2C)c1. The zero-order valence-electron chi connectivity index (χ0n) is 16.8. The molecule has 3 N–H and O–H groups in total. The number of rotatable bonds is 5. The molecule has 0 bridgehead atoms. The molecule has 0 aliphatic heterocycles. The molecule has 7 nitrogen and oxygen atoms in total. The van der Waals surface area contributed by atoms with Gasteiger partial charge in [0.15, 0.2) is 0 Å². The second-order valence-corrected chi connectivity index (χ2v) is 6.87. The molecule has 0 aromatic heterocycles. The fourth-order valence-corrected chi connectivity index (χ4v) is 2.94. The number of hydrogen-bond donors (Lipinski definition) is 3. The summed E-state index contributed by atoms with van der Waals surface area (Å²) in [4.78, 5) is 37.2. The van der Waals surface area contributed by atoms with Gasteiger partial charge < -0.3 is 20.9 Å². The first kappa shape index (κ1) is 21.0. The third-order valence-corrected chi connectivity index (χ3v) is 4.10. The van der Waals surface area contributed by atoms with Crippen LogP contribution in [0.25, 0.3) is 0 Å². The molecule has 2 aromatic carbocycles. The van der Waals surface area contributed by atoms with E-state index in [4.69, 9.17) is 0 Å². The highest BCUT2D eigenvalue weighted by Crippen LogP contribution is 2.22. The van der Waals surface area contributed by atoms with Crippen molar-refractivity contribution in [1.29, 1.82) is 0 Å². The van der Waals surface area contributed by atoms with Crippen molar-refractivity contribution in [2.75, 3.05) is 29.5 Å². The number of aryl methyl sites for hydroxylation is 3. The number of carbonyl (C=O) groups is 3. The number of amides is 4. The topological polar surface area (TPSA) is 90.5 Å². The average Bonchev–Trinajstić information content (AvgIpc) is 2.57. The second kappa shape index (κ2) is 9.03. The summed E-state index contributed by atoms with van der Waals surface area (Å²) in [5, 5.41) is 8.24. The van der Waals surface area contributed by atoms with E-state index in [1.807, 2.05) is 32.9 Å². The Balaban J connectivity index is 1.97. The number of nitrogens with one attached hydrogen (secondary N) is 3. The lowest BCUT2D eigenvalue weighted by Crippen LogP contribution is -2.37. The summed E-state index contributed by atoms with van der Waals surface area (Å²) in [5.74, 6) is -0.473. The van der Waals surface area contributed by atoms with Crippen molar-refractivity contribution in [3.8, 4) is 0 Å². The van der Waals surface area contributed by atoms with E-state index in [0.29, 0.717) is 11.4 Å². The largest absolute Gasteiger partial charge is 0.326 e. The van der Waals surface area contributed by atoms with E-state index < -0.39 is 6.03 Å². The summed E-state index contributed by atoms with van der Waals surface area (Å²) in [6.07, 6.45) is 0. The summed E-state index contributed by atoms with van der Waals surface area (Å²) in [6, 6.07) is 10.4. The Morgan fingerprint density at radius 3 is 2.04 bits per heavy atom. The molecule has 148 valence electrons. The highest BCUT2D eigenvalue weighted by molar-refractivity contribution is 5.98. The minimum absolute atomic E-state index is 0.0933. The summed E-state index contributed by atoms with van der Waals surface area (Å²) in [6.45, 7) is 7.20. The van der Waals surface area contributed by atoms with Crippen LogP contribution in [0.2, 0.25) is 0 Å². The lowest BCUT2D eigenvalue weighted by molar-refractivity contribution is -0.116. The summed E-state index contributed by atoms with van der Waals surface area (Å²) in [5.41, 5.74) is 4.96. The number of hydrogen-bond acceptors (Lipinski definition) is 3. The van der Waals surface area contributed by atoms with Crippen LogP contribution in [0.1, 0.15) is 23.6 Å². The predicted molar refractivity (Wildman–Crippen MR) is 112 cm³/mol. The molecule has 0 fully saturated rings. The van der Waals surface area contributed by atoms with E-state index in [1.54, 1.807) is 31.3 Å². The molecular weight excluding hydrogens is 356 g/mol. The van der Waals surface area contributed by atoms with Gasteiger partial charge in [0.1, 0.15) is 6.54 Å². The van der Waals surface area contributed by atoms with Crippen molar-refractivity contribution in [2.45, 2.75) is 27.7 Å². The predicted octanol–water partition coefficient (Wildman–Crippen LogP) is 3.67. The Morgan fingerprint density at radius 2 is 1.46 bits per heavy atom. The van der Waals surface area contributed by atoms with Gasteiger partial charge in [0.2, 0.25) is 11.8 Å². The van der Waals surface area contributed by atoms with Crippen LogP contribution in [0.5, 0.6) is 0 Å². The van der Waals surface area contributed by atoms with Crippen LogP contribution < -0.4 is 16.0 Å². The maximum atomic E-state index is 12.4. The lowest BCUT2D eigenvalue weighted by atomic mass is 10.1. The van der Waals surface area contributed by atoms with E-state index in [0.717, 1.165) is 22.4 Å². The Bertz CT molecular complexity index is 885. The van der Waals surface area contributed by atoms with Gasteiger partial charge in [-0.15, -0.1) is 0 Å². The standard InChI is InChI=1S/C21H26N4O3/c1-13-9-14(2)20(15(3)10-13)24-19(27)12-25(5)21(28)23-18-8-6-7-17(11-18)22-16(4)26/h6-11H,12H2,1-5H3,(H,22,26)(H,23,28)(H,24,27). The smallest absolute Gasteiger partial charge is 0.322 e. The molecule has 0 unspecified atom stereocenters. The number of likely N-dealkylation sites (N-methyl/N-ethyl adjacent to an activating group) is 1. The first-order chi connectivity index (χ1) is 13.2. The molecule has 0 aliphatic rings. The van der Waals surface area contributed by atoms with Crippen molar-refractivity contribution >= 4 is 34.9 Å². The van der Waals surface area contributed by atoms with Crippen molar-refractivity contribution in [3.05, 3.63) is 53.1 Å². The normalized spacial score (nSPS) is 10.2. The minimum Gasteiger partial charge on any atom is -0.326 e. The van der Waals surface area contributed by atoms with Gasteiger partial charge in [-0.2, -0.15) is 0 Å². The van der Waals surface area contributed by atoms with Gasteiger partial charge in [0.05, 0.1) is 0 Å². The van der Waals surface area contributed by atoms with Crippen LogP contribution in [-0.4, -0.2) is 36.3 Å². The average molecular weight is 382 g/mol. The highest BCUT2D eigenvalue weighted by atomic mass is 16.2. The van der Waals surface area contributed by atoms with Gasteiger partial charge in [-0.25, -0.2) is 4.79 Å². The fourth-order valence-electron chi connectivity index (χ4n) is 2.94. The number of urea groups is 1. The first-order valence-electron chi connectivity index (χ1n) is 8.93. The maximum Gasteiger partial charge on any atom is 0.322 e. The highest BCUT2D eigenvalue weighted by Gasteiger charge is 2.15. The van der Waals surface area contributed by atoms with Crippen LogP contribution in [0.3, 0.4) is 0 Å². The fraction of sp³-hybridized carbons (Fsp3) is 0.286. The van der Waals surface area contributed by atoms with E-state index in [1.165, 1.54) is 11.8 Å². The van der Waals surface area contributed by atoms with Crippen LogP contribution in [0.4, 0.5) is 21.9 Å². The van der Waals surface area contributed by atoms with Crippen LogP contribution >= 0.6 is 0 Å².